The number of nitrogens with zero attached hydrogens (tertiary/aromatic N) is 1. The molecule has 2 unspecified atom stereocenters. The smallest absolute Gasteiger partial charge is 0.410 e. The molecule has 2 aromatic rings. The molecule has 198 valence electrons. The number of amides is 2. The SMILES string of the molecule is CC(C)C(NC(=O)C1CCCN1C(=O)OCc1ccccc1)C(=O)C(F)(F)C(=O)CCc1ccccc1. The molecule has 2 amide bonds. The molecule has 7 nitrogen and oxygen atoms in total. The molecule has 0 saturated carbocycles. The van der Waals surface area contributed by atoms with E-state index < -0.39 is 53.9 Å². The Morgan fingerprint density at radius 2 is 1.59 bits per heavy atom. The van der Waals surface area contributed by atoms with Crippen LogP contribution in [0, 0.1) is 5.92 Å². The van der Waals surface area contributed by atoms with Crippen molar-refractivity contribution in [2.45, 2.75) is 64.1 Å². The Labute approximate surface area is 215 Å². The van der Waals surface area contributed by atoms with Gasteiger partial charge in [-0.1, -0.05) is 74.5 Å². The maximum absolute atomic E-state index is 14.9. The van der Waals surface area contributed by atoms with Gasteiger partial charge in [0.2, 0.25) is 17.5 Å². The van der Waals surface area contributed by atoms with E-state index in [1.807, 2.05) is 6.07 Å². The highest BCUT2D eigenvalue weighted by Crippen LogP contribution is 2.25. The van der Waals surface area contributed by atoms with Crippen LogP contribution < -0.4 is 5.32 Å². The first kappa shape index (κ1) is 28.0. The summed E-state index contributed by atoms with van der Waals surface area (Å²) in [7, 11) is 0. The van der Waals surface area contributed by atoms with Gasteiger partial charge in [0.15, 0.2) is 0 Å². The molecular formula is C28H32F2N2O5. The number of aryl methyl sites for hydroxylation is 1. The van der Waals surface area contributed by atoms with Crippen LogP contribution in [0.3, 0.4) is 0 Å². The van der Waals surface area contributed by atoms with Crippen molar-refractivity contribution in [1.82, 2.24) is 10.2 Å². The zero-order chi connectivity index (χ0) is 27.0. The molecule has 0 aromatic heterocycles. The molecular weight excluding hydrogens is 482 g/mol. The highest BCUT2D eigenvalue weighted by molar-refractivity contribution is 6.11. The van der Waals surface area contributed by atoms with Crippen molar-refractivity contribution in [3.63, 3.8) is 0 Å². The molecule has 9 heteroatoms. The molecule has 1 fully saturated rings. The minimum atomic E-state index is -4.25. The molecule has 2 aromatic carbocycles. The first-order valence-corrected chi connectivity index (χ1v) is 12.4. The first-order chi connectivity index (χ1) is 17.6. The lowest BCUT2D eigenvalue weighted by Crippen LogP contribution is -2.57. The molecule has 1 heterocycles. The zero-order valence-electron chi connectivity index (χ0n) is 21.0. The monoisotopic (exact) mass is 514 g/mol. The number of Topliss-reactive ketones (excluding diaryl/α,β-unsaturated/α-hetero) is 2. The Morgan fingerprint density at radius 3 is 2.19 bits per heavy atom. The zero-order valence-corrected chi connectivity index (χ0v) is 21.0. The number of carbonyl (C=O) groups is 4. The van der Waals surface area contributed by atoms with Crippen LogP contribution in [0.25, 0.3) is 0 Å². The summed E-state index contributed by atoms with van der Waals surface area (Å²) in [6.45, 7) is 3.30. The minimum absolute atomic E-state index is 0.0228. The predicted molar refractivity (Wildman–Crippen MR) is 133 cm³/mol. The fraction of sp³-hybridized carbons (Fsp3) is 0.429. The Hall–Kier alpha value is -3.62. The topological polar surface area (TPSA) is 92.8 Å². The van der Waals surface area contributed by atoms with Crippen LogP contribution in [0.1, 0.15) is 44.2 Å². The second kappa shape index (κ2) is 12.6. The quantitative estimate of drug-likeness (QED) is 0.451. The van der Waals surface area contributed by atoms with E-state index in [0.29, 0.717) is 18.4 Å². The fourth-order valence-corrected chi connectivity index (χ4v) is 4.24. The molecule has 1 aliphatic heterocycles. The number of hydrogen-bond donors (Lipinski definition) is 1. The number of likely N-dealkylation sites (tertiary alicyclic amines) is 1. The summed E-state index contributed by atoms with van der Waals surface area (Å²) in [5.41, 5.74) is 1.48. The lowest BCUT2D eigenvalue weighted by Gasteiger charge is -2.28. The van der Waals surface area contributed by atoms with E-state index >= 15 is 0 Å². The van der Waals surface area contributed by atoms with Crippen LogP contribution in [0.4, 0.5) is 13.6 Å². The van der Waals surface area contributed by atoms with Crippen LogP contribution >= 0.6 is 0 Å². The Kier molecular flexibility index (Phi) is 9.49. The van der Waals surface area contributed by atoms with Gasteiger partial charge in [-0.15, -0.1) is 0 Å². The Balaban J connectivity index is 1.62. The van der Waals surface area contributed by atoms with Gasteiger partial charge in [0.05, 0.1) is 6.04 Å². The van der Waals surface area contributed by atoms with Crippen LogP contribution in [0.5, 0.6) is 0 Å². The van der Waals surface area contributed by atoms with Crippen molar-refractivity contribution < 1.29 is 32.7 Å². The third kappa shape index (κ3) is 7.21. The van der Waals surface area contributed by atoms with Gasteiger partial charge < -0.3 is 10.1 Å². The van der Waals surface area contributed by atoms with Gasteiger partial charge in [-0.25, -0.2) is 4.79 Å². The number of alkyl halides is 2. The Bertz CT molecular complexity index is 1090. The number of rotatable bonds is 11. The third-order valence-electron chi connectivity index (χ3n) is 6.39. The van der Waals surface area contributed by atoms with Crippen molar-refractivity contribution in [2.75, 3.05) is 6.54 Å². The maximum atomic E-state index is 14.9. The lowest BCUT2D eigenvalue weighted by molar-refractivity contribution is -0.159. The summed E-state index contributed by atoms with van der Waals surface area (Å²) in [5.74, 6) is -8.82. The highest BCUT2D eigenvalue weighted by Gasteiger charge is 2.50. The van der Waals surface area contributed by atoms with Gasteiger partial charge in [-0.05, 0) is 36.3 Å². The number of nitrogens with one attached hydrogen (secondary N) is 1. The molecule has 37 heavy (non-hydrogen) atoms. The molecule has 0 spiro atoms. The van der Waals surface area contributed by atoms with Crippen LogP contribution in [-0.4, -0.2) is 53.0 Å². The summed E-state index contributed by atoms with van der Waals surface area (Å²) in [5, 5.41) is 2.38. The van der Waals surface area contributed by atoms with Crippen molar-refractivity contribution in [1.29, 1.82) is 0 Å². The molecule has 2 atom stereocenters. The molecule has 0 aliphatic carbocycles. The summed E-state index contributed by atoms with van der Waals surface area (Å²) >= 11 is 0. The average molecular weight is 515 g/mol. The normalized spacial score (nSPS) is 16.4. The number of carbonyl (C=O) groups excluding carboxylic acids is 4. The van der Waals surface area contributed by atoms with Crippen molar-refractivity contribution >= 4 is 23.6 Å². The molecule has 3 rings (SSSR count). The van der Waals surface area contributed by atoms with E-state index in [-0.39, 0.29) is 19.6 Å². The summed E-state index contributed by atoms with van der Waals surface area (Å²) in [6.07, 6.45) is -0.311. The second-order valence-corrected chi connectivity index (χ2v) is 9.47. The van der Waals surface area contributed by atoms with E-state index in [4.69, 9.17) is 4.74 Å². The van der Waals surface area contributed by atoms with E-state index in [0.717, 1.165) is 5.56 Å². The van der Waals surface area contributed by atoms with E-state index in [9.17, 15) is 28.0 Å². The van der Waals surface area contributed by atoms with Crippen molar-refractivity contribution in [3.8, 4) is 0 Å². The molecule has 1 N–H and O–H groups in total. The number of ether oxygens (including phenoxy) is 1. The van der Waals surface area contributed by atoms with Gasteiger partial charge in [0.25, 0.3) is 0 Å². The van der Waals surface area contributed by atoms with Crippen LogP contribution in [0.2, 0.25) is 0 Å². The average Bonchev–Trinajstić information content (AvgIpc) is 3.40. The number of halogens is 2. The van der Waals surface area contributed by atoms with Gasteiger partial charge in [-0.2, -0.15) is 8.78 Å². The van der Waals surface area contributed by atoms with Gasteiger partial charge >= 0.3 is 12.0 Å². The summed E-state index contributed by atoms with van der Waals surface area (Å²) < 4.78 is 35.1. The number of ketones is 2. The van der Waals surface area contributed by atoms with Crippen LogP contribution in [-0.2, 0) is 32.1 Å². The fourth-order valence-electron chi connectivity index (χ4n) is 4.24. The van der Waals surface area contributed by atoms with E-state index in [1.54, 1.807) is 54.6 Å². The first-order valence-electron chi connectivity index (χ1n) is 12.4. The van der Waals surface area contributed by atoms with Gasteiger partial charge in [-0.3, -0.25) is 19.3 Å². The second-order valence-electron chi connectivity index (χ2n) is 9.47. The number of hydrogen-bond acceptors (Lipinski definition) is 5. The van der Waals surface area contributed by atoms with Crippen molar-refractivity contribution in [2.24, 2.45) is 5.92 Å². The van der Waals surface area contributed by atoms with Crippen molar-refractivity contribution in [3.05, 3.63) is 71.8 Å². The Morgan fingerprint density at radius 1 is 1.00 bits per heavy atom. The van der Waals surface area contributed by atoms with Gasteiger partial charge in [0, 0.05) is 13.0 Å². The molecule has 0 bridgehead atoms. The molecule has 1 saturated heterocycles. The predicted octanol–water partition coefficient (Wildman–Crippen LogP) is 4.33. The minimum Gasteiger partial charge on any atom is -0.445 e. The molecule has 0 radical (unpaired) electrons. The maximum Gasteiger partial charge on any atom is 0.410 e. The molecule has 1 aliphatic rings. The standard InChI is InChI=1S/C28H32F2N2O5/c1-19(2)24(25(34)28(29,30)23(33)16-15-20-10-5-3-6-11-20)31-26(35)22-14-9-17-32(22)27(36)37-18-21-12-7-4-8-13-21/h3-8,10-13,19,22,24H,9,14-18H2,1-2H3,(H,31,35). The third-order valence-corrected chi connectivity index (χ3v) is 6.39. The lowest BCUT2D eigenvalue weighted by atomic mass is 9.92. The highest BCUT2D eigenvalue weighted by atomic mass is 19.3. The number of benzene rings is 2. The van der Waals surface area contributed by atoms with E-state index in [1.165, 1.54) is 18.7 Å². The van der Waals surface area contributed by atoms with E-state index in [2.05, 4.69) is 5.32 Å². The summed E-state index contributed by atoms with van der Waals surface area (Å²) in [4.78, 5) is 52.0. The van der Waals surface area contributed by atoms with Gasteiger partial charge in [0.1, 0.15) is 12.6 Å². The largest absolute Gasteiger partial charge is 0.445 e. The summed E-state index contributed by atoms with van der Waals surface area (Å²) in [6, 6.07) is 15.1. The van der Waals surface area contributed by atoms with Crippen LogP contribution in [0.15, 0.2) is 60.7 Å².